The lowest BCUT2D eigenvalue weighted by atomic mass is 9.77. The van der Waals surface area contributed by atoms with Crippen LogP contribution in [0.5, 0.6) is 0 Å². The second-order valence-corrected chi connectivity index (χ2v) is 10.2. The van der Waals surface area contributed by atoms with Gasteiger partial charge in [-0.05, 0) is 62.1 Å². The summed E-state index contributed by atoms with van der Waals surface area (Å²) >= 11 is 0. The average Bonchev–Trinajstić information content (AvgIpc) is 2.85. The van der Waals surface area contributed by atoms with E-state index in [0.717, 1.165) is 55.7 Å². The smallest absolute Gasteiger partial charge is 0.252 e. The zero-order valence-corrected chi connectivity index (χ0v) is 20.6. The number of pyridine rings is 1. The number of fused-ring (bicyclic) bond motifs is 1. The molecule has 0 bridgehead atoms. The van der Waals surface area contributed by atoms with E-state index < -0.39 is 0 Å². The van der Waals surface area contributed by atoms with Gasteiger partial charge in [-0.3, -0.25) is 9.36 Å². The standard InChI is InChI=1S/C27H36N6O/c1-19(2)23-6-4-5-7-24(23)33-25(34)13-8-20-18-28-27(30-26(20)33)29-21-9-11-22(12-10-21)32-16-14-31(3)15-17-32/h8-13,18-19,23-24H,4-7,14-17H2,1-3H3,(H,28,29,30). The molecule has 1 aliphatic heterocycles. The fourth-order valence-electron chi connectivity index (χ4n) is 5.61. The molecule has 2 atom stereocenters. The van der Waals surface area contributed by atoms with Crippen molar-refractivity contribution >= 4 is 28.4 Å². The number of nitrogens with one attached hydrogen (secondary N) is 1. The van der Waals surface area contributed by atoms with E-state index in [1.165, 1.54) is 18.5 Å². The predicted molar refractivity (Wildman–Crippen MR) is 139 cm³/mol. The van der Waals surface area contributed by atoms with E-state index in [-0.39, 0.29) is 11.6 Å². The third-order valence-corrected chi connectivity index (χ3v) is 7.63. The maximum Gasteiger partial charge on any atom is 0.252 e. The van der Waals surface area contributed by atoms with E-state index in [9.17, 15) is 4.79 Å². The highest BCUT2D eigenvalue weighted by Crippen LogP contribution is 2.38. The largest absolute Gasteiger partial charge is 0.369 e. The first kappa shape index (κ1) is 22.8. The molecule has 3 aromatic rings. The van der Waals surface area contributed by atoms with Gasteiger partial charge in [0, 0.05) is 61.2 Å². The number of rotatable bonds is 5. The van der Waals surface area contributed by atoms with Crippen molar-refractivity contribution in [1.82, 2.24) is 19.4 Å². The summed E-state index contributed by atoms with van der Waals surface area (Å²) in [5.41, 5.74) is 2.95. The highest BCUT2D eigenvalue weighted by Gasteiger charge is 2.30. The van der Waals surface area contributed by atoms with E-state index in [1.54, 1.807) is 6.07 Å². The first-order valence-corrected chi connectivity index (χ1v) is 12.7. The minimum absolute atomic E-state index is 0.0335. The molecule has 2 fully saturated rings. The summed E-state index contributed by atoms with van der Waals surface area (Å²) in [7, 11) is 2.17. The van der Waals surface area contributed by atoms with Crippen molar-refractivity contribution in [3.05, 3.63) is 52.9 Å². The molecule has 5 rings (SSSR count). The summed E-state index contributed by atoms with van der Waals surface area (Å²) in [5, 5.41) is 4.26. The topological polar surface area (TPSA) is 66.3 Å². The van der Waals surface area contributed by atoms with Crippen molar-refractivity contribution in [1.29, 1.82) is 0 Å². The monoisotopic (exact) mass is 460 g/mol. The molecule has 0 amide bonds. The number of anilines is 3. The summed E-state index contributed by atoms with van der Waals surface area (Å²) in [6.07, 6.45) is 6.42. The van der Waals surface area contributed by atoms with Crippen LogP contribution in [0.2, 0.25) is 0 Å². The minimum Gasteiger partial charge on any atom is -0.369 e. The lowest BCUT2D eigenvalue weighted by Crippen LogP contribution is -2.44. The van der Waals surface area contributed by atoms with Crippen molar-refractivity contribution < 1.29 is 0 Å². The van der Waals surface area contributed by atoms with Crippen LogP contribution in [-0.4, -0.2) is 52.7 Å². The van der Waals surface area contributed by atoms with Crippen LogP contribution in [0.1, 0.15) is 45.6 Å². The molecule has 2 unspecified atom stereocenters. The highest BCUT2D eigenvalue weighted by atomic mass is 16.1. The summed E-state index contributed by atoms with van der Waals surface area (Å²) < 4.78 is 1.95. The summed E-state index contributed by atoms with van der Waals surface area (Å²) in [5.74, 6) is 1.55. The van der Waals surface area contributed by atoms with Gasteiger partial charge in [-0.2, -0.15) is 4.98 Å². The van der Waals surface area contributed by atoms with Gasteiger partial charge in [-0.25, -0.2) is 4.98 Å². The fourth-order valence-corrected chi connectivity index (χ4v) is 5.61. The van der Waals surface area contributed by atoms with Crippen LogP contribution in [0.4, 0.5) is 17.3 Å². The van der Waals surface area contributed by atoms with Crippen molar-refractivity contribution in [3.8, 4) is 0 Å². The van der Waals surface area contributed by atoms with Crippen LogP contribution in [0.3, 0.4) is 0 Å². The van der Waals surface area contributed by atoms with Crippen LogP contribution in [0, 0.1) is 11.8 Å². The summed E-state index contributed by atoms with van der Waals surface area (Å²) in [6, 6.07) is 12.2. The number of benzene rings is 1. The lowest BCUT2D eigenvalue weighted by Gasteiger charge is -2.36. The van der Waals surface area contributed by atoms with E-state index >= 15 is 0 Å². The predicted octanol–water partition coefficient (Wildman–Crippen LogP) is 4.67. The number of nitrogens with zero attached hydrogens (tertiary/aromatic N) is 5. The van der Waals surface area contributed by atoms with Crippen LogP contribution >= 0.6 is 0 Å². The molecule has 1 saturated carbocycles. The van der Waals surface area contributed by atoms with Gasteiger partial charge in [0.1, 0.15) is 5.65 Å². The Morgan fingerprint density at radius 2 is 1.71 bits per heavy atom. The van der Waals surface area contributed by atoms with Crippen molar-refractivity contribution in [3.63, 3.8) is 0 Å². The van der Waals surface area contributed by atoms with Crippen LogP contribution < -0.4 is 15.8 Å². The van der Waals surface area contributed by atoms with Crippen molar-refractivity contribution in [2.24, 2.45) is 11.8 Å². The molecule has 34 heavy (non-hydrogen) atoms. The zero-order valence-electron chi connectivity index (χ0n) is 20.6. The summed E-state index contributed by atoms with van der Waals surface area (Å²) in [4.78, 5) is 27.2. The molecule has 1 aromatic carbocycles. The molecule has 1 saturated heterocycles. The maximum atomic E-state index is 13.1. The van der Waals surface area contributed by atoms with Gasteiger partial charge in [0.25, 0.3) is 5.56 Å². The van der Waals surface area contributed by atoms with Gasteiger partial charge in [0.2, 0.25) is 5.95 Å². The van der Waals surface area contributed by atoms with Gasteiger partial charge in [-0.1, -0.05) is 26.7 Å². The molecule has 0 radical (unpaired) electrons. The van der Waals surface area contributed by atoms with E-state index in [0.29, 0.717) is 17.8 Å². The molecule has 3 heterocycles. The molecule has 7 nitrogen and oxygen atoms in total. The molecular weight excluding hydrogens is 424 g/mol. The molecular formula is C27H36N6O. The Labute approximate surface area is 201 Å². The van der Waals surface area contributed by atoms with Gasteiger partial charge >= 0.3 is 0 Å². The molecule has 0 spiro atoms. The maximum absolute atomic E-state index is 13.1. The molecule has 7 heteroatoms. The zero-order chi connectivity index (χ0) is 23.7. The second-order valence-electron chi connectivity index (χ2n) is 10.2. The Bertz CT molecular complexity index is 1180. The molecule has 2 aromatic heterocycles. The quantitative estimate of drug-likeness (QED) is 0.597. The lowest BCUT2D eigenvalue weighted by molar-refractivity contribution is 0.184. The second kappa shape index (κ2) is 9.74. The van der Waals surface area contributed by atoms with Gasteiger partial charge in [0.05, 0.1) is 0 Å². The first-order valence-electron chi connectivity index (χ1n) is 12.7. The number of aromatic nitrogens is 3. The Morgan fingerprint density at radius 1 is 0.971 bits per heavy atom. The Morgan fingerprint density at radius 3 is 2.44 bits per heavy atom. The Kier molecular flexibility index (Phi) is 6.55. The molecule has 1 aliphatic carbocycles. The van der Waals surface area contributed by atoms with Crippen LogP contribution in [0.25, 0.3) is 11.0 Å². The normalized spacial score (nSPS) is 21.8. The third-order valence-electron chi connectivity index (χ3n) is 7.63. The molecule has 1 N–H and O–H groups in total. The van der Waals surface area contributed by atoms with E-state index in [2.05, 4.69) is 65.3 Å². The first-order chi connectivity index (χ1) is 16.5. The third kappa shape index (κ3) is 4.67. The van der Waals surface area contributed by atoms with Crippen molar-refractivity contribution in [2.45, 2.75) is 45.6 Å². The SMILES string of the molecule is CC(C)C1CCCCC1n1c(=O)ccc2cnc(Nc3ccc(N4CCN(C)CC4)cc3)nc21. The van der Waals surface area contributed by atoms with Gasteiger partial charge in [0.15, 0.2) is 0 Å². The average molecular weight is 461 g/mol. The van der Waals surface area contributed by atoms with Gasteiger partial charge < -0.3 is 15.1 Å². The van der Waals surface area contributed by atoms with Crippen LogP contribution in [-0.2, 0) is 0 Å². The van der Waals surface area contributed by atoms with Crippen molar-refractivity contribution in [2.75, 3.05) is 43.4 Å². The van der Waals surface area contributed by atoms with Gasteiger partial charge in [-0.15, -0.1) is 0 Å². The minimum atomic E-state index is 0.0335. The number of hydrogen-bond acceptors (Lipinski definition) is 6. The number of likely N-dealkylation sites (N-methyl/N-ethyl adjacent to an activating group) is 1. The van der Waals surface area contributed by atoms with E-state index in [1.807, 2.05) is 16.8 Å². The Hall–Kier alpha value is -2.93. The molecule has 180 valence electrons. The van der Waals surface area contributed by atoms with E-state index in [4.69, 9.17) is 4.98 Å². The Balaban J connectivity index is 1.42. The van der Waals surface area contributed by atoms with Crippen LogP contribution in [0.15, 0.2) is 47.4 Å². The summed E-state index contributed by atoms with van der Waals surface area (Å²) in [6.45, 7) is 8.82. The molecule has 2 aliphatic rings. The number of hydrogen-bond donors (Lipinski definition) is 1. The highest BCUT2D eigenvalue weighted by molar-refractivity contribution is 5.76. The fraction of sp³-hybridized carbons (Fsp3) is 0.519. The number of piperazine rings is 1.